The van der Waals surface area contributed by atoms with Crippen molar-refractivity contribution in [3.05, 3.63) is 44.0 Å². The van der Waals surface area contributed by atoms with Crippen LogP contribution in [0, 0.1) is 5.92 Å². The molecule has 2 aromatic heterocycles. The van der Waals surface area contributed by atoms with Gasteiger partial charge in [0, 0.05) is 30.8 Å². The first-order valence-corrected chi connectivity index (χ1v) is 9.66. The van der Waals surface area contributed by atoms with Gasteiger partial charge in [0.25, 0.3) is 11.5 Å². The highest BCUT2D eigenvalue weighted by atomic mass is 19.3. The second-order valence-electron chi connectivity index (χ2n) is 7.85. The molecule has 0 aromatic carbocycles. The number of nitrogens with zero attached hydrogens (tertiary/aromatic N) is 4. The molecule has 164 valence electrons. The summed E-state index contributed by atoms with van der Waals surface area (Å²) in [5.74, 6) is -4.82. The second-order valence-corrected chi connectivity index (χ2v) is 7.85. The summed E-state index contributed by atoms with van der Waals surface area (Å²) in [6, 6.07) is 0. The van der Waals surface area contributed by atoms with E-state index in [2.05, 4.69) is 20.3 Å². The van der Waals surface area contributed by atoms with Crippen molar-refractivity contribution in [2.75, 3.05) is 6.54 Å². The van der Waals surface area contributed by atoms with E-state index in [1.54, 1.807) is 0 Å². The van der Waals surface area contributed by atoms with Crippen LogP contribution in [0.2, 0.25) is 0 Å². The molecule has 1 aliphatic rings. The number of fused-ring (bicyclic) bond motifs is 1. The van der Waals surface area contributed by atoms with E-state index < -0.39 is 35.6 Å². The number of aliphatic hydroxyl groups excluding tert-OH is 1. The number of alkyl halides is 2. The molecule has 3 N–H and O–H groups in total. The number of amides is 1. The molecule has 3 heterocycles. The number of aromatic amines is 2. The molecule has 1 amide bonds. The fourth-order valence-electron chi connectivity index (χ4n) is 3.38. The molecule has 0 fully saturated rings. The molecule has 0 saturated heterocycles. The van der Waals surface area contributed by atoms with Gasteiger partial charge in [-0.3, -0.25) is 19.3 Å². The summed E-state index contributed by atoms with van der Waals surface area (Å²) in [7, 11) is 0. The number of rotatable bonds is 7. The van der Waals surface area contributed by atoms with Crippen LogP contribution >= 0.6 is 0 Å². The van der Waals surface area contributed by atoms with E-state index in [4.69, 9.17) is 0 Å². The molecule has 3 rings (SSSR count). The van der Waals surface area contributed by atoms with E-state index in [1.807, 2.05) is 13.8 Å². The van der Waals surface area contributed by atoms with Crippen LogP contribution in [0.15, 0.2) is 15.8 Å². The van der Waals surface area contributed by atoms with Crippen molar-refractivity contribution >= 4 is 5.91 Å². The molecule has 0 spiro atoms. The third kappa shape index (κ3) is 4.81. The number of carbonyl (C=O) groups is 1. The number of aliphatic hydroxyl groups is 1. The van der Waals surface area contributed by atoms with Gasteiger partial charge in [-0.05, 0) is 18.8 Å². The minimum atomic E-state index is -3.67. The van der Waals surface area contributed by atoms with Gasteiger partial charge >= 0.3 is 11.6 Å². The molecule has 0 bridgehead atoms. The minimum Gasteiger partial charge on any atom is -0.387 e. The Hall–Kier alpha value is -2.89. The van der Waals surface area contributed by atoms with Crippen molar-refractivity contribution in [2.24, 2.45) is 5.92 Å². The molecule has 10 nitrogen and oxygen atoms in total. The molecule has 1 atom stereocenters. The van der Waals surface area contributed by atoms with Gasteiger partial charge in [-0.25, -0.2) is 4.79 Å². The molecule has 0 saturated carbocycles. The summed E-state index contributed by atoms with van der Waals surface area (Å²) < 4.78 is 30.2. The molecule has 30 heavy (non-hydrogen) atoms. The number of halogens is 2. The Morgan fingerprint density at radius 1 is 1.33 bits per heavy atom. The van der Waals surface area contributed by atoms with Gasteiger partial charge in [-0.2, -0.15) is 8.78 Å². The summed E-state index contributed by atoms with van der Waals surface area (Å²) in [6.45, 7) is 3.29. The van der Waals surface area contributed by atoms with E-state index in [0.717, 1.165) is 4.90 Å². The maximum atomic E-state index is 14.5. The van der Waals surface area contributed by atoms with E-state index in [1.165, 1.54) is 10.9 Å². The Kier molecular flexibility index (Phi) is 6.15. The summed E-state index contributed by atoms with van der Waals surface area (Å²) in [5.41, 5.74) is -0.577. The minimum absolute atomic E-state index is 0.0502. The Morgan fingerprint density at radius 2 is 2.07 bits per heavy atom. The lowest BCUT2D eigenvalue weighted by molar-refractivity contribution is -0.160. The Balaban J connectivity index is 1.63. The topological polar surface area (TPSA) is 137 Å². The number of aromatic nitrogens is 5. The van der Waals surface area contributed by atoms with Crippen LogP contribution in [0.1, 0.15) is 49.7 Å². The number of hydrogen-bond acceptors (Lipinski definition) is 6. The Morgan fingerprint density at radius 3 is 2.77 bits per heavy atom. The first-order valence-electron chi connectivity index (χ1n) is 9.66. The first-order chi connectivity index (χ1) is 14.1. The van der Waals surface area contributed by atoms with Crippen LogP contribution in [-0.2, 0) is 24.3 Å². The van der Waals surface area contributed by atoms with E-state index in [-0.39, 0.29) is 43.2 Å². The van der Waals surface area contributed by atoms with Gasteiger partial charge in [0.05, 0.1) is 18.8 Å². The number of nitrogens with one attached hydrogen (secondary N) is 2. The molecular formula is C18H24F2N6O4. The standard InChI is InChI=1S/C18H24F2N6O4/c1-10(2)7-14(27)13-9-26(24-23-13)6-4-18(19,20)16(29)25-5-3-11-12(8-25)21-17(30)22-15(11)28/h9-10,14,27H,3-8H2,1-2H3,(H2,21,22,28,30). The maximum Gasteiger partial charge on any atom is 0.326 e. The highest BCUT2D eigenvalue weighted by Crippen LogP contribution is 2.26. The van der Waals surface area contributed by atoms with E-state index in [9.17, 15) is 28.3 Å². The van der Waals surface area contributed by atoms with Crippen molar-refractivity contribution in [1.29, 1.82) is 0 Å². The van der Waals surface area contributed by atoms with Crippen molar-refractivity contribution in [3.63, 3.8) is 0 Å². The van der Waals surface area contributed by atoms with Crippen LogP contribution in [0.4, 0.5) is 8.78 Å². The summed E-state index contributed by atoms with van der Waals surface area (Å²) in [4.78, 5) is 40.9. The number of H-pyrrole nitrogens is 2. The normalized spacial score (nSPS) is 15.3. The fourth-order valence-corrected chi connectivity index (χ4v) is 3.38. The fraction of sp³-hybridized carbons (Fsp3) is 0.611. The summed E-state index contributed by atoms with van der Waals surface area (Å²) >= 11 is 0. The van der Waals surface area contributed by atoms with E-state index in [0.29, 0.717) is 12.1 Å². The zero-order valence-electron chi connectivity index (χ0n) is 16.7. The van der Waals surface area contributed by atoms with Gasteiger partial charge < -0.3 is 15.0 Å². The predicted octanol–water partition coefficient (Wildman–Crippen LogP) is 0.345. The van der Waals surface area contributed by atoms with Crippen molar-refractivity contribution < 1.29 is 18.7 Å². The smallest absolute Gasteiger partial charge is 0.326 e. The SMILES string of the molecule is CC(C)CC(O)c1cn(CCC(F)(F)C(=O)N2CCc3c([nH]c(=O)[nH]c3=O)C2)nn1. The Bertz CT molecular complexity index is 1030. The van der Waals surface area contributed by atoms with Gasteiger partial charge in [-0.1, -0.05) is 19.1 Å². The molecule has 2 aromatic rings. The van der Waals surface area contributed by atoms with Crippen molar-refractivity contribution in [3.8, 4) is 0 Å². The van der Waals surface area contributed by atoms with Crippen LogP contribution in [0.3, 0.4) is 0 Å². The third-order valence-corrected chi connectivity index (χ3v) is 4.96. The predicted molar refractivity (Wildman–Crippen MR) is 101 cm³/mol. The zero-order valence-corrected chi connectivity index (χ0v) is 16.7. The molecule has 1 unspecified atom stereocenters. The van der Waals surface area contributed by atoms with Gasteiger partial charge in [0.15, 0.2) is 0 Å². The van der Waals surface area contributed by atoms with Gasteiger partial charge in [-0.15, -0.1) is 5.10 Å². The number of carbonyl (C=O) groups excluding carboxylic acids is 1. The average Bonchev–Trinajstić information content (AvgIpc) is 3.14. The first kappa shape index (κ1) is 21.8. The van der Waals surface area contributed by atoms with Crippen LogP contribution in [-0.4, -0.2) is 53.3 Å². The third-order valence-electron chi connectivity index (χ3n) is 4.96. The zero-order chi connectivity index (χ0) is 22.1. The lowest BCUT2D eigenvalue weighted by Gasteiger charge is -2.30. The lowest BCUT2D eigenvalue weighted by atomic mass is 10.0. The van der Waals surface area contributed by atoms with Gasteiger partial charge in [0.2, 0.25) is 0 Å². The Labute approximate surface area is 169 Å². The molecule has 0 radical (unpaired) electrons. The molecule has 0 aliphatic carbocycles. The van der Waals surface area contributed by atoms with Crippen LogP contribution < -0.4 is 11.2 Å². The van der Waals surface area contributed by atoms with E-state index >= 15 is 0 Å². The lowest BCUT2D eigenvalue weighted by Crippen LogP contribution is -2.48. The largest absolute Gasteiger partial charge is 0.387 e. The monoisotopic (exact) mass is 426 g/mol. The molecule has 12 heteroatoms. The highest BCUT2D eigenvalue weighted by Gasteiger charge is 2.43. The quantitative estimate of drug-likeness (QED) is 0.584. The average molecular weight is 426 g/mol. The summed E-state index contributed by atoms with van der Waals surface area (Å²) in [6.07, 6.45) is 0.295. The highest BCUT2D eigenvalue weighted by molar-refractivity contribution is 5.83. The van der Waals surface area contributed by atoms with Crippen molar-refractivity contribution in [2.45, 2.75) is 58.2 Å². The number of hydrogen-bond donors (Lipinski definition) is 3. The maximum absolute atomic E-state index is 14.5. The van der Waals surface area contributed by atoms with Crippen molar-refractivity contribution in [1.82, 2.24) is 29.9 Å². The van der Waals surface area contributed by atoms with Crippen LogP contribution in [0.5, 0.6) is 0 Å². The number of aryl methyl sites for hydroxylation is 1. The summed E-state index contributed by atoms with van der Waals surface area (Å²) in [5, 5.41) is 17.6. The van der Waals surface area contributed by atoms with Gasteiger partial charge in [0.1, 0.15) is 5.69 Å². The second kappa shape index (κ2) is 8.46. The molecule has 1 aliphatic heterocycles. The van der Waals surface area contributed by atoms with Crippen LogP contribution in [0.25, 0.3) is 0 Å². The molecular weight excluding hydrogens is 402 g/mol.